The zero-order chi connectivity index (χ0) is 32.3. The molecule has 9 nitrogen and oxygen atoms in total. The molecule has 248 valence electrons. The Balaban J connectivity index is 1.34. The molecule has 45 heavy (non-hydrogen) atoms. The third kappa shape index (κ3) is 14.1. The Morgan fingerprint density at radius 2 is 1.53 bits per heavy atom. The van der Waals surface area contributed by atoms with Gasteiger partial charge in [-0.3, -0.25) is 18.6 Å². The molecule has 10 heteroatoms. The van der Waals surface area contributed by atoms with Gasteiger partial charge < -0.3 is 14.9 Å². The van der Waals surface area contributed by atoms with Crippen LogP contribution in [0.3, 0.4) is 0 Å². The monoisotopic (exact) mass is 644 g/mol. The standard InChI is InChI=1S/C35H49O9P/c1-2-3-8-19-30(36)22-23-32-31(33(37)24-34(32)38)20-13-4-5-14-21-35(39)41-27-44-45(40,42-25-28-15-9-6-10-16-28)43-26-29-17-11-7-12-18-29/h6-7,9-12,15-18,22-23,30-32,34,36,38H,2-5,8,13-14,19-21,24-27H2,1H3/b23-22+/t30-,31+,32+,34+/m0/s1. The van der Waals surface area contributed by atoms with E-state index in [1.54, 1.807) is 6.08 Å². The van der Waals surface area contributed by atoms with Crippen LogP contribution in [0.5, 0.6) is 0 Å². The van der Waals surface area contributed by atoms with Crippen molar-refractivity contribution < 1.29 is 42.7 Å². The quantitative estimate of drug-likeness (QED) is 0.0441. The Labute approximate surface area is 267 Å². The first-order chi connectivity index (χ1) is 21.8. The van der Waals surface area contributed by atoms with Crippen molar-refractivity contribution in [1.82, 2.24) is 0 Å². The van der Waals surface area contributed by atoms with Crippen LogP contribution in [0.1, 0.15) is 88.7 Å². The zero-order valence-corrected chi connectivity index (χ0v) is 27.2. The lowest BCUT2D eigenvalue weighted by molar-refractivity contribution is -0.151. The van der Waals surface area contributed by atoms with E-state index in [1.807, 2.05) is 66.7 Å². The number of hydrogen-bond acceptors (Lipinski definition) is 9. The topological polar surface area (TPSA) is 129 Å². The number of carbonyl (C=O) groups is 2. The molecule has 0 spiro atoms. The Morgan fingerprint density at radius 3 is 2.16 bits per heavy atom. The highest BCUT2D eigenvalue weighted by atomic mass is 31.2. The summed E-state index contributed by atoms with van der Waals surface area (Å²) in [7, 11) is -4.03. The maximum atomic E-state index is 13.3. The van der Waals surface area contributed by atoms with Gasteiger partial charge in [-0.25, -0.2) is 9.09 Å². The number of ketones is 1. The van der Waals surface area contributed by atoms with Crippen molar-refractivity contribution in [2.24, 2.45) is 11.8 Å². The number of phosphoric ester groups is 1. The highest BCUT2D eigenvalue weighted by Crippen LogP contribution is 2.51. The van der Waals surface area contributed by atoms with E-state index in [0.29, 0.717) is 19.3 Å². The Kier molecular flexibility index (Phi) is 16.7. The lowest BCUT2D eigenvalue weighted by Crippen LogP contribution is -2.19. The predicted octanol–water partition coefficient (Wildman–Crippen LogP) is 7.45. The molecule has 2 aromatic carbocycles. The van der Waals surface area contributed by atoms with E-state index in [4.69, 9.17) is 18.3 Å². The summed E-state index contributed by atoms with van der Waals surface area (Å²) in [5.74, 6) is -0.925. The van der Waals surface area contributed by atoms with Crippen LogP contribution < -0.4 is 0 Å². The summed E-state index contributed by atoms with van der Waals surface area (Å²) in [5, 5.41) is 20.6. The summed E-state index contributed by atoms with van der Waals surface area (Å²) in [4.78, 5) is 24.8. The van der Waals surface area contributed by atoms with Gasteiger partial charge in [-0.2, -0.15) is 0 Å². The largest absolute Gasteiger partial charge is 0.478 e. The van der Waals surface area contributed by atoms with Crippen molar-refractivity contribution in [1.29, 1.82) is 0 Å². The van der Waals surface area contributed by atoms with Crippen LogP contribution in [0.25, 0.3) is 0 Å². The molecule has 2 aromatic rings. The van der Waals surface area contributed by atoms with E-state index in [9.17, 15) is 24.4 Å². The first-order valence-corrected chi connectivity index (χ1v) is 17.6. The molecule has 1 aliphatic carbocycles. The van der Waals surface area contributed by atoms with Crippen molar-refractivity contribution in [3.63, 3.8) is 0 Å². The number of phosphoric acid groups is 1. The number of benzene rings is 2. The summed E-state index contributed by atoms with van der Waals surface area (Å²) in [6.45, 7) is 1.56. The number of aliphatic hydroxyl groups excluding tert-OH is 2. The van der Waals surface area contributed by atoms with Gasteiger partial charge in [0.15, 0.2) is 0 Å². The van der Waals surface area contributed by atoms with Gasteiger partial charge in [-0.1, -0.05) is 118 Å². The maximum Gasteiger partial charge on any atom is 0.478 e. The Bertz CT molecular complexity index is 1160. The van der Waals surface area contributed by atoms with Crippen LogP contribution in [0.4, 0.5) is 0 Å². The number of carbonyl (C=O) groups excluding carboxylic acids is 2. The molecule has 1 fully saturated rings. The zero-order valence-electron chi connectivity index (χ0n) is 26.3. The molecule has 0 aliphatic heterocycles. The minimum atomic E-state index is -4.03. The van der Waals surface area contributed by atoms with Crippen molar-refractivity contribution >= 4 is 19.6 Å². The predicted molar refractivity (Wildman–Crippen MR) is 172 cm³/mol. The second-order valence-electron chi connectivity index (χ2n) is 11.6. The molecule has 3 rings (SSSR count). The lowest BCUT2D eigenvalue weighted by Gasteiger charge is -2.18. The molecule has 1 saturated carbocycles. The van der Waals surface area contributed by atoms with Gasteiger partial charge in [0.2, 0.25) is 6.79 Å². The van der Waals surface area contributed by atoms with E-state index in [2.05, 4.69) is 6.92 Å². The molecule has 0 aromatic heterocycles. The van der Waals surface area contributed by atoms with E-state index in [0.717, 1.165) is 49.7 Å². The molecular formula is C35H49O9P. The fourth-order valence-electron chi connectivity index (χ4n) is 5.33. The molecule has 1 aliphatic rings. The number of unbranched alkanes of at least 4 members (excludes halogenated alkanes) is 5. The highest BCUT2D eigenvalue weighted by Gasteiger charge is 2.39. The molecule has 0 bridgehead atoms. The molecule has 0 unspecified atom stereocenters. The molecule has 0 saturated heterocycles. The summed E-state index contributed by atoms with van der Waals surface area (Å²) in [6.07, 6.45) is 10.1. The average molecular weight is 645 g/mol. The third-order valence-corrected chi connectivity index (χ3v) is 9.25. The first-order valence-electron chi connectivity index (χ1n) is 16.1. The van der Waals surface area contributed by atoms with Crippen LogP contribution in [0, 0.1) is 11.8 Å². The normalized spacial score (nSPS) is 19.3. The number of aliphatic hydroxyl groups is 2. The minimum absolute atomic E-state index is 0.00427. The van der Waals surface area contributed by atoms with Crippen molar-refractivity contribution in [3.8, 4) is 0 Å². The number of rotatable bonds is 22. The Hall–Kier alpha value is -2.65. The van der Waals surface area contributed by atoms with Gasteiger partial charge in [0.25, 0.3) is 0 Å². The van der Waals surface area contributed by atoms with Gasteiger partial charge in [-0.05, 0) is 30.4 Å². The Morgan fingerprint density at radius 1 is 0.911 bits per heavy atom. The van der Waals surface area contributed by atoms with Gasteiger partial charge in [0.1, 0.15) is 5.78 Å². The van der Waals surface area contributed by atoms with Crippen molar-refractivity contribution in [2.45, 2.75) is 103 Å². The molecule has 4 atom stereocenters. The van der Waals surface area contributed by atoms with E-state index in [1.165, 1.54) is 0 Å². The number of hydrogen-bond donors (Lipinski definition) is 2. The maximum absolute atomic E-state index is 13.3. The fraction of sp³-hybridized carbons (Fsp3) is 0.543. The first kappa shape index (κ1) is 36.8. The van der Waals surface area contributed by atoms with Crippen molar-refractivity contribution in [2.75, 3.05) is 6.79 Å². The van der Waals surface area contributed by atoms with E-state index in [-0.39, 0.29) is 43.7 Å². The van der Waals surface area contributed by atoms with Crippen LogP contribution in [0.15, 0.2) is 72.8 Å². The number of Topliss-reactive ketones (excluding diaryl/α,β-unsaturated/α-hetero) is 1. The van der Waals surface area contributed by atoms with Crippen molar-refractivity contribution in [3.05, 3.63) is 83.9 Å². The number of ether oxygens (including phenoxy) is 1. The second-order valence-corrected chi connectivity index (χ2v) is 13.2. The van der Waals surface area contributed by atoms with Gasteiger partial charge in [0, 0.05) is 24.7 Å². The van der Waals surface area contributed by atoms with Gasteiger partial charge in [-0.15, -0.1) is 0 Å². The van der Waals surface area contributed by atoms with Crippen LogP contribution in [-0.2, 0) is 45.7 Å². The van der Waals surface area contributed by atoms with Gasteiger partial charge in [0.05, 0.1) is 25.4 Å². The molecule has 0 amide bonds. The molecule has 0 radical (unpaired) electrons. The number of esters is 1. The highest BCUT2D eigenvalue weighted by molar-refractivity contribution is 7.48. The molecular weight excluding hydrogens is 595 g/mol. The molecule has 2 N–H and O–H groups in total. The van der Waals surface area contributed by atoms with Gasteiger partial charge >= 0.3 is 13.8 Å². The van der Waals surface area contributed by atoms with E-state index < -0.39 is 32.8 Å². The summed E-state index contributed by atoms with van der Waals surface area (Å²) >= 11 is 0. The van der Waals surface area contributed by atoms with Crippen LogP contribution in [-0.4, -0.2) is 41.0 Å². The van der Waals surface area contributed by atoms with Crippen LogP contribution >= 0.6 is 7.82 Å². The second kappa shape index (κ2) is 20.5. The summed E-state index contributed by atoms with van der Waals surface area (Å²) in [6, 6.07) is 18.4. The van der Waals surface area contributed by atoms with Crippen LogP contribution in [0.2, 0.25) is 0 Å². The lowest BCUT2D eigenvalue weighted by atomic mass is 9.88. The summed E-state index contributed by atoms with van der Waals surface area (Å²) in [5.41, 5.74) is 1.58. The smallest absolute Gasteiger partial charge is 0.438 e. The van der Waals surface area contributed by atoms with E-state index >= 15 is 0 Å². The average Bonchev–Trinajstić information content (AvgIpc) is 3.32. The SMILES string of the molecule is CCCCC[C@H](O)/C=C/[C@H]1[C@H](O)CC(=O)[C@@H]1CCCCCCC(=O)OCOP(=O)(OCc1ccccc1)OCc1ccccc1. The molecule has 0 heterocycles. The fourth-order valence-corrected chi connectivity index (χ4v) is 6.35. The minimum Gasteiger partial charge on any atom is -0.438 e. The summed E-state index contributed by atoms with van der Waals surface area (Å²) < 4.78 is 34.8. The third-order valence-electron chi connectivity index (χ3n) is 7.93.